The smallest absolute Gasteiger partial charge is 0.240 e. The lowest BCUT2D eigenvalue weighted by molar-refractivity contribution is 0.192. The van der Waals surface area contributed by atoms with Gasteiger partial charge in [0.25, 0.3) is 0 Å². The number of hydrogen-bond acceptors (Lipinski definition) is 4. The molecule has 1 aliphatic rings. The van der Waals surface area contributed by atoms with Gasteiger partial charge in [-0.25, -0.2) is 13.1 Å². The lowest BCUT2D eigenvalue weighted by atomic mass is 10.1. The number of sulfonamides is 1. The molecular formula is C14H22N2O3S. The van der Waals surface area contributed by atoms with Crippen molar-refractivity contribution in [2.75, 3.05) is 19.8 Å². The van der Waals surface area contributed by atoms with Crippen molar-refractivity contribution in [2.24, 2.45) is 0 Å². The van der Waals surface area contributed by atoms with Crippen molar-refractivity contribution >= 4 is 10.0 Å². The molecule has 0 saturated carbocycles. The van der Waals surface area contributed by atoms with E-state index in [1.807, 2.05) is 19.9 Å². The Balaban J connectivity index is 2.17. The average Bonchev–Trinajstić information content (AvgIpc) is 2.89. The fourth-order valence-electron chi connectivity index (χ4n) is 2.18. The summed E-state index contributed by atoms with van der Waals surface area (Å²) in [5.41, 5.74) is 2.10. The highest BCUT2D eigenvalue weighted by Gasteiger charge is 2.23. The lowest BCUT2D eigenvalue weighted by Gasteiger charge is -2.13. The molecule has 0 amide bonds. The van der Waals surface area contributed by atoms with Crippen molar-refractivity contribution < 1.29 is 13.2 Å². The van der Waals surface area contributed by atoms with Gasteiger partial charge in [0.1, 0.15) is 0 Å². The van der Waals surface area contributed by atoms with E-state index >= 15 is 0 Å². The number of ether oxygens (including phenoxy) is 1. The van der Waals surface area contributed by atoms with Crippen molar-refractivity contribution in [1.29, 1.82) is 0 Å². The number of nitrogens with one attached hydrogen (secondary N) is 2. The van der Waals surface area contributed by atoms with Crippen LogP contribution in [0.25, 0.3) is 0 Å². The molecule has 1 fully saturated rings. The van der Waals surface area contributed by atoms with Gasteiger partial charge in [-0.05, 0) is 43.1 Å². The van der Waals surface area contributed by atoms with Crippen LogP contribution in [-0.2, 0) is 21.3 Å². The summed E-state index contributed by atoms with van der Waals surface area (Å²) in [6, 6.07) is 5.14. The van der Waals surface area contributed by atoms with Crippen molar-refractivity contribution in [1.82, 2.24) is 10.0 Å². The maximum Gasteiger partial charge on any atom is 0.240 e. The van der Waals surface area contributed by atoms with E-state index in [2.05, 4.69) is 10.0 Å². The van der Waals surface area contributed by atoms with Crippen LogP contribution in [0, 0.1) is 6.92 Å². The van der Waals surface area contributed by atoms with Crippen molar-refractivity contribution in [3.05, 3.63) is 29.3 Å². The molecule has 1 unspecified atom stereocenters. The molecule has 1 heterocycles. The van der Waals surface area contributed by atoms with Gasteiger partial charge in [0, 0.05) is 19.2 Å². The van der Waals surface area contributed by atoms with E-state index in [9.17, 15) is 8.42 Å². The zero-order valence-electron chi connectivity index (χ0n) is 12.0. The molecule has 0 aromatic heterocycles. The Morgan fingerprint density at radius 1 is 1.40 bits per heavy atom. The molecule has 1 atom stereocenters. The first kappa shape index (κ1) is 15.4. The Hall–Kier alpha value is -0.950. The van der Waals surface area contributed by atoms with Crippen LogP contribution < -0.4 is 10.0 Å². The van der Waals surface area contributed by atoms with Gasteiger partial charge in [0.2, 0.25) is 10.0 Å². The second-order valence-electron chi connectivity index (χ2n) is 5.05. The molecule has 2 N–H and O–H groups in total. The van der Waals surface area contributed by atoms with E-state index < -0.39 is 10.0 Å². The third-order valence-corrected chi connectivity index (χ3v) is 4.97. The summed E-state index contributed by atoms with van der Waals surface area (Å²) in [7, 11) is -3.47. The molecule has 1 saturated heterocycles. The Morgan fingerprint density at radius 2 is 2.20 bits per heavy atom. The molecule has 0 spiro atoms. The van der Waals surface area contributed by atoms with E-state index in [1.165, 1.54) is 0 Å². The summed E-state index contributed by atoms with van der Waals surface area (Å²) >= 11 is 0. The number of hydrogen-bond donors (Lipinski definition) is 2. The summed E-state index contributed by atoms with van der Waals surface area (Å²) in [5, 5.41) is 3.22. The van der Waals surface area contributed by atoms with Crippen LogP contribution in [-0.4, -0.2) is 34.2 Å². The Morgan fingerprint density at radius 3 is 2.85 bits per heavy atom. The molecule has 1 aliphatic heterocycles. The molecule has 0 bridgehead atoms. The van der Waals surface area contributed by atoms with Gasteiger partial charge in [-0.3, -0.25) is 0 Å². The van der Waals surface area contributed by atoms with Crippen LogP contribution in [0.2, 0.25) is 0 Å². The highest BCUT2D eigenvalue weighted by atomic mass is 32.2. The zero-order valence-corrected chi connectivity index (χ0v) is 12.8. The Bertz CT molecular complexity index is 552. The van der Waals surface area contributed by atoms with E-state index in [4.69, 9.17) is 4.74 Å². The quantitative estimate of drug-likeness (QED) is 0.827. The Labute approximate surface area is 120 Å². The van der Waals surface area contributed by atoms with Gasteiger partial charge < -0.3 is 10.1 Å². The topological polar surface area (TPSA) is 67.4 Å². The Kier molecular flexibility index (Phi) is 5.15. The van der Waals surface area contributed by atoms with E-state index in [1.54, 1.807) is 12.1 Å². The van der Waals surface area contributed by atoms with Gasteiger partial charge in [-0.2, -0.15) is 0 Å². The molecule has 1 aromatic carbocycles. The third kappa shape index (κ3) is 3.79. The largest absolute Gasteiger partial charge is 0.380 e. The fourth-order valence-corrected chi connectivity index (χ4v) is 3.49. The minimum atomic E-state index is -3.47. The monoisotopic (exact) mass is 298 g/mol. The predicted octanol–water partition coefficient (Wildman–Crippen LogP) is 1.17. The van der Waals surface area contributed by atoms with E-state index in [0.717, 1.165) is 24.1 Å². The number of rotatable bonds is 6. The normalized spacial score (nSPS) is 19.4. The van der Waals surface area contributed by atoms with Gasteiger partial charge in [-0.1, -0.05) is 13.0 Å². The molecule has 5 nitrogen and oxygen atoms in total. The van der Waals surface area contributed by atoms with Crippen LogP contribution in [0.1, 0.15) is 24.5 Å². The first-order chi connectivity index (χ1) is 9.53. The molecule has 20 heavy (non-hydrogen) atoms. The van der Waals surface area contributed by atoms with Crippen molar-refractivity contribution in [3.63, 3.8) is 0 Å². The second kappa shape index (κ2) is 6.67. The van der Waals surface area contributed by atoms with Gasteiger partial charge in [-0.15, -0.1) is 0 Å². The predicted molar refractivity (Wildman–Crippen MR) is 78.1 cm³/mol. The molecule has 0 aliphatic carbocycles. The highest BCUT2D eigenvalue weighted by molar-refractivity contribution is 7.89. The number of aryl methyl sites for hydroxylation is 1. The van der Waals surface area contributed by atoms with Gasteiger partial charge in [0.05, 0.1) is 11.5 Å². The summed E-state index contributed by atoms with van der Waals surface area (Å²) < 4.78 is 32.6. The second-order valence-corrected chi connectivity index (χ2v) is 6.76. The average molecular weight is 298 g/mol. The first-order valence-corrected chi connectivity index (χ1v) is 8.41. The number of benzene rings is 1. The maximum atomic E-state index is 12.3. The zero-order chi connectivity index (χ0) is 14.6. The van der Waals surface area contributed by atoms with Crippen molar-refractivity contribution in [2.45, 2.75) is 37.8 Å². The standard InChI is InChI=1S/C14H22N2O3S/c1-3-15-9-12-8-14(5-4-11(12)2)20(17,18)16-13-6-7-19-10-13/h4-5,8,13,15-16H,3,6-7,9-10H2,1-2H3. The highest BCUT2D eigenvalue weighted by Crippen LogP contribution is 2.17. The van der Waals surface area contributed by atoms with E-state index in [0.29, 0.717) is 24.7 Å². The van der Waals surface area contributed by atoms with Crippen molar-refractivity contribution in [3.8, 4) is 0 Å². The lowest BCUT2D eigenvalue weighted by Crippen LogP contribution is -2.35. The minimum absolute atomic E-state index is 0.112. The maximum absolute atomic E-state index is 12.3. The molecule has 0 radical (unpaired) electrons. The SMILES string of the molecule is CCNCc1cc(S(=O)(=O)NC2CCOC2)ccc1C. The third-order valence-electron chi connectivity index (χ3n) is 3.45. The molecule has 1 aromatic rings. The van der Waals surface area contributed by atoms with Crippen LogP contribution in [0.4, 0.5) is 0 Å². The van der Waals surface area contributed by atoms with Crippen LogP contribution in [0.15, 0.2) is 23.1 Å². The molecule has 2 rings (SSSR count). The van der Waals surface area contributed by atoms with Gasteiger partial charge >= 0.3 is 0 Å². The molecule has 112 valence electrons. The van der Waals surface area contributed by atoms with Crippen LogP contribution in [0.3, 0.4) is 0 Å². The van der Waals surface area contributed by atoms with Gasteiger partial charge in [0.15, 0.2) is 0 Å². The van der Waals surface area contributed by atoms with E-state index in [-0.39, 0.29) is 6.04 Å². The molecule has 6 heteroatoms. The van der Waals surface area contributed by atoms with Crippen LogP contribution in [0.5, 0.6) is 0 Å². The minimum Gasteiger partial charge on any atom is -0.380 e. The van der Waals surface area contributed by atoms with Crippen LogP contribution >= 0.6 is 0 Å². The fraction of sp³-hybridized carbons (Fsp3) is 0.571. The summed E-state index contributed by atoms with van der Waals surface area (Å²) in [4.78, 5) is 0.322. The summed E-state index contributed by atoms with van der Waals surface area (Å²) in [6.07, 6.45) is 0.731. The molecular weight excluding hydrogens is 276 g/mol. The summed E-state index contributed by atoms with van der Waals surface area (Å²) in [5.74, 6) is 0. The summed E-state index contributed by atoms with van der Waals surface area (Å²) in [6.45, 7) is 6.62. The first-order valence-electron chi connectivity index (χ1n) is 6.93.